The predicted octanol–water partition coefficient (Wildman–Crippen LogP) is 4.23. The lowest BCUT2D eigenvalue weighted by molar-refractivity contribution is -0.130. The lowest BCUT2D eigenvalue weighted by atomic mass is 9.83. The highest BCUT2D eigenvalue weighted by Gasteiger charge is 2.50. The van der Waals surface area contributed by atoms with Gasteiger partial charge >= 0.3 is 0 Å². The topological polar surface area (TPSA) is 105 Å². The van der Waals surface area contributed by atoms with Crippen LogP contribution in [-0.2, 0) is 26.9 Å². The van der Waals surface area contributed by atoms with Crippen LogP contribution in [0.25, 0.3) is 0 Å². The summed E-state index contributed by atoms with van der Waals surface area (Å²) in [6.07, 6.45) is 0. The molecule has 5 rings (SSSR count). The van der Waals surface area contributed by atoms with Gasteiger partial charge in [0.05, 0.1) is 11.4 Å². The number of halogens is 1. The molecule has 1 aliphatic rings. The average Bonchev–Trinajstić information content (AvgIpc) is 3.15. The van der Waals surface area contributed by atoms with Crippen LogP contribution in [0, 0.1) is 5.82 Å². The lowest BCUT2D eigenvalue weighted by Crippen LogP contribution is -2.43. The molecule has 0 aromatic heterocycles. The first-order valence-electron chi connectivity index (χ1n) is 11.5. The summed E-state index contributed by atoms with van der Waals surface area (Å²) in [5.41, 5.74) is 7.30. The number of hydrogen-bond donors (Lipinski definition) is 2. The second kappa shape index (κ2) is 9.51. The van der Waals surface area contributed by atoms with Gasteiger partial charge in [0.1, 0.15) is 5.82 Å². The molecule has 1 heterocycles. The molecule has 4 aromatic carbocycles. The third kappa shape index (κ3) is 4.56. The number of nitrogens with two attached hydrogens (primary N) is 1. The van der Waals surface area contributed by atoms with Gasteiger partial charge in [-0.2, -0.15) is 0 Å². The maximum Gasteiger partial charge on any atom is 0.266 e. The first-order chi connectivity index (χ1) is 17.8. The Hall–Kier alpha value is -4.50. The number of sulfonamides is 1. The fraction of sp³-hybridized carbons (Fsp3) is 0.0714. The zero-order valence-corrected chi connectivity index (χ0v) is 20.4. The molecule has 1 amide bonds. The molecule has 7 nitrogen and oxygen atoms in total. The molecule has 4 aromatic rings. The molecule has 0 saturated heterocycles. The van der Waals surface area contributed by atoms with Gasteiger partial charge in [-0.05, 0) is 53.1 Å². The number of rotatable bonds is 7. The Morgan fingerprint density at radius 1 is 0.838 bits per heavy atom. The molecule has 0 radical (unpaired) electrons. The van der Waals surface area contributed by atoms with Crippen molar-refractivity contribution in [3.63, 3.8) is 0 Å². The Balaban J connectivity index is 1.44. The van der Waals surface area contributed by atoms with Crippen molar-refractivity contribution in [2.75, 3.05) is 4.72 Å². The summed E-state index contributed by atoms with van der Waals surface area (Å²) in [7, 11) is -3.93. The number of anilines is 1. The van der Waals surface area contributed by atoms with Crippen molar-refractivity contribution in [1.82, 2.24) is 4.90 Å². The van der Waals surface area contributed by atoms with Crippen molar-refractivity contribution in [3.05, 3.63) is 132 Å². The number of hydrogen-bond acceptors (Lipinski definition) is 5. The Morgan fingerprint density at radius 2 is 1.43 bits per heavy atom. The van der Waals surface area contributed by atoms with Crippen LogP contribution in [0.4, 0.5) is 10.1 Å². The molecule has 0 saturated carbocycles. The standard InChI is InChI=1S/C28H23FN4O3S/c29-23-14-16-25(17-15-23)37(35,36)32-24-13-7-8-20(18-24)19-33-26(34)28(31-27(33)30,21-9-3-1-4-10-21)22-11-5-2-6-12-22/h1-18,32H,19H2,(H2,30,31). The fourth-order valence-corrected chi connectivity index (χ4v) is 5.43. The van der Waals surface area contributed by atoms with E-state index in [-0.39, 0.29) is 23.3 Å². The Morgan fingerprint density at radius 3 is 2.03 bits per heavy atom. The SMILES string of the molecule is NC1=NC(c2ccccc2)(c2ccccc2)C(=O)N1Cc1cccc(NS(=O)(=O)c2ccc(F)cc2)c1. The molecule has 1 aliphatic heterocycles. The number of carbonyl (C=O) groups excluding carboxylic acids is 1. The molecule has 3 N–H and O–H groups in total. The summed E-state index contributed by atoms with van der Waals surface area (Å²) >= 11 is 0. The molecule has 0 bridgehead atoms. The van der Waals surface area contributed by atoms with Crippen LogP contribution in [0.5, 0.6) is 0 Å². The van der Waals surface area contributed by atoms with E-state index < -0.39 is 21.4 Å². The maximum absolute atomic E-state index is 14.0. The average molecular weight is 515 g/mol. The lowest BCUT2D eigenvalue weighted by Gasteiger charge is -2.27. The van der Waals surface area contributed by atoms with Crippen molar-refractivity contribution < 1.29 is 17.6 Å². The number of benzene rings is 4. The smallest absolute Gasteiger partial charge is 0.266 e. The number of guanidine groups is 1. The second-order valence-corrected chi connectivity index (χ2v) is 10.2. The van der Waals surface area contributed by atoms with Crippen molar-refractivity contribution in [2.45, 2.75) is 17.0 Å². The van der Waals surface area contributed by atoms with Gasteiger partial charge < -0.3 is 5.73 Å². The highest BCUT2D eigenvalue weighted by atomic mass is 32.2. The summed E-state index contributed by atoms with van der Waals surface area (Å²) in [5, 5.41) is 0. The van der Waals surface area contributed by atoms with E-state index in [0.29, 0.717) is 22.4 Å². The van der Waals surface area contributed by atoms with Crippen molar-refractivity contribution in [2.24, 2.45) is 10.7 Å². The Kier molecular flexibility index (Phi) is 6.22. The van der Waals surface area contributed by atoms with Crippen LogP contribution >= 0.6 is 0 Å². The van der Waals surface area contributed by atoms with E-state index in [1.807, 2.05) is 60.7 Å². The van der Waals surface area contributed by atoms with Crippen LogP contribution in [0.3, 0.4) is 0 Å². The van der Waals surface area contributed by atoms with Crippen LogP contribution in [0.1, 0.15) is 16.7 Å². The first-order valence-corrected chi connectivity index (χ1v) is 12.9. The summed E-state index contributed by atoms with van der Waals surface area (Å²) in [5.74, 6) is -0.771. The predicted molar refractivity (Wildman–Crippen MR) is 139 cm³/mol. The van der Waals surface area contributed by atoms with Crippen molar-refractivity contribution in [1.29, 1.82) is 0 Å². The molecule has 0 unspecified atom stereocenters. The molecule has 186 valence electrons. The normalized spacial score (nSPS) is 14.9. The van der Waals surface area contributed by atoms with Crippen LogP contribution in [0.2, 0.25) is 0 Å². The molecule has 37 heavy (non-hydrogen) atoms. The van der Waals surface area contributed by atoms with Gasteiger partial charge in [0.15, 0.2) is 11.5 Å². The molecular formula is C28H23FN4O3S. The van der Waals surface area contributed by atoms with Gasteiger partial charge in [-0.25, -0.2) is 17.8 Å². The quantitative estimate of drug-likeness (QED) is 0.385. The van der Waals surface area contributed by atoms with Gasteiger partial charge in [0.25, 0.3) is 15.9 Å². The fourth-order valence-electron chi connectivity index (χ4n) is 4.38. The summed E-state index contributed by atoms with van der Waals surface area (Å²) in [4.78, 5) is 20.0. The molecule has 9 heteroatoms. The summed E-state index contributed by atoms with van der Waals surface area (Å²) in [6.45, 7) is 0.0850. The second-order valence-electron chi connectivity index (χ2n) is 8.56. The van der Waals surface area contributed by atoms with Crippen LogP contribution in [-0.4, -0.2) is 25.2 Å². The monoisotopic (exact) mass is 514 g/mol. The van der Waals surface area contributed by atoms with Crippen molar-refractivity contribution in [3.8, 4) is 0 Å². The maximum atomic E-state index is 14.0. The minimum atomic E-state index is -3.93. The summed E-state index contributed by atoms with van der Waals surface area (Å²) < 4.78 is 41.2. The van der Waals surface area contributed by atoms with Gasteiger partial charge in [-0.15, -0.1) is 0 Å². The zero-order valence-electron chi connectivity index (χ0n) is 19.6. The zero-order chi connectivity index (χ0) is 26.0. The molecule has 0 spiro atoms. The van der Waals surface area contributed by atoms with Gasteiger partial charge in [-0.1, -0.05) is 72.8 Å². The number of nitrogens with one attached hydrogen (secondary N) is 1. The van der Waals surface area contributed by atoms with E-state index >= 15 is 0 Å². The highest BCUT2D eigenvalue weighted by Crippen LogP contribution is 2.40. The van der Waals surface area contributed by atoms with E-state index in [0.717, 1.165) is 12.1 Å². The van der Waals surface area contributed by atoms with E-state index in [4.69, 9.17) is 5.73 Å². The van der Waals surface area contributed by atoms with Crippen molar-refractivity contribution >= 4 is 27.6 Å². The minimum Gasteiger partial charge on any atom is -0.369 e. The number of amides is 1. The molecule has 0 atom stereocenters. The largest absolute Gasteiger partial charge is 0.369 e. The van der Waals surface area contributed by atoms with Gasteiger partial charge in [0.2, 0.25) is 0 Å². The van der Waals surface area contributed by atoms with E-state index in [1.165, 1.54) is 17.0 Å². The minimum absolute atomic E-state index is 0.0648. The number of nitrogens with zero attached hydrogens (tertiary/aromatic N) is 2. The van der Waals surface area contributed by atoms with Gasteiger partial charge in [-0.3, -0.25) is 14.4 Å². The third-order valence-corrected chi connectivity index (χ3v) is 7.54. The number of carbonyl (C=O) groups is 1. The van der Waals surface area contributed by atoms with Crippen LogP contribution < -0.4 is 10.5 Å². The van der Waals surface area contributed by atoms with E-state index in [9.17, 15) is 17.6 Å². The van der Waals surface area contributed by atoms with E-state index in [1.54, 1.807) is 24.3 Å². The third-order valence-electron chi connectivity index (χ3n) is 6.14. The molecular weight excluding hydrogens is 491 g/mol. The van der Waals surface area contributed by atoms with E-state index in [2.05, 4.69) is 9.71 Å². The Bertz CT molecular complexity index is 1540. The number of aliphatic imine (C=N–C) groups is 1. The highest BCUT2D eigenvalue weighted by molar-refractivity contribution is 7.92. The molecule has 0 aliphatic carbocycles. The summed E-state index contributed by atoms with van der Waals surface area (Å²) in [6, 6.07) is 29.7. The Labute approximate surface area is 214 Å². The first kappa shape index (κ1) is 24.2. The van der Waals surface area contributed by atoms with Crippen LogP contribution in [0.15, 0.2) is 119 Å². The van der Waals surface area contributed by atoms with Gasteiger partial charge in [0, 0.05) is 5.69 Å². The molecule has 0 fully saturated rings.